The molecule has 1 aliphatic heterocycles. The molecule has 0 aliphatic carbocycles. The zero-order valence-electron chi connectivity index (χ0n) is 14.8. The molecule has 1 amide bonds. The molecule has 0 spiro atoms. The largest absolute Gasteiger partial charge is 0.441 e. The molecule has 0 aromatic carbocycles. The second-order valence-electron chi connectivity index (χ2n) is 6.40. The molecule has 1 aliphatic rings. The molecule has 0 saturated carbocycles. The van der Waals surface area contributed by atoms with Gasteiger partial charge in [0.2, 0.25) is 5.91 Å². The maximum atomic E-state index is 12.5. The molecule has 0 unspecified atom stereocenters. The van der Waals surface area contributed by atoms with E-state index in [1.807, 2.05) is 0 Å². The van der Waals surface area contributed by atoms with Gasteiger partial charge in [0.25, 0.3) is 0 Å². The zero-order chi connectivity index (χ0) is 17.2. The second-order valence-corrected chi connectivity index (χ2v) is 6.40. The van der Waals surface area contributed by atoms with Crippen LogP contribution in [0.25, 0.3) is 0 Å². The van der Waals surface area contributed by atoms with Gasteiger partial charge in [0.1, 0.15) is 5.78 Å². The number of rotatable bonds is 10. The predicted molar refractivity (Wildman–Crippen MR) is 88.7 cm³/mol. The summed E-state index contributed by atoms with van der Waals surface area (Å²) in [5.74, 6) is -0.316. The molecule has 1 rings (SSSR count). The lowest BCUT2D eigenvalue weighted by molar-refractivity contribution is -0.164. The number of likely N-dealkylation sites (tertiary alicyclic amines) is 1. The summed E-state index contributed by atoms with van der Waals surface area (Å²) in [6, 6.07) is 0.166. The van der Waals surface area contributed by atoms with E-state index in [1.165, 1.54) is 6.92 Å². The van der Waals surface area contributed by atoms with Crippen LogP contribution in [0.1, 0.15) is 85.0 Å². The lowest BCUT2D eigenvalue weighted by Gasteiger charge is -2.29. The number of hydrogen-bond donors (Lipinski definition) is 0. The minimum Gasteiger partial charge on any atom is -0.441 e. The van der Waals surface area contributed by atoms with E-state index in [-0.39, 0.29) is 36.5 Å². The Morgan fingerprint density at radius 3 is 2.35 bits per heavy atom. The van der Waals surface area contributed by atoms with Crippen LogP contribution in [-0.4, -0.2) is 34.8 Å². The van der Waals surface area contributed by atoms with E-state index in [1.54, 1.807) is 4.90 Å². The number of esters is 1. The van der Waals surface area contributed by atoms with Crippen LogP contribution in [0, 0.1) is 0 Å². The fourth-order valence-electron chi connectivity index (χ4n) is 3.05. The van der Waals surface area contributed by atoms with E-state index in [0.717, 1.165) is 38.5 Å². The average Bonchev–Trinajstić information content (AvgIpc) is 2.92. The molecule has 0 N–H and O–H groups in total. The standard InChI is InChI=1S/C18H31NO4/c1-4-6-7-8-9-16(21)19-15(5-2)11-12-17(19)23-18(22)13-10-14(3)20/h15,17H,4-13H2,1-3H3/t15-,17+/m1/s1. The van der Waals surface area contributed by atoms with E-state index in [9.17, 15) is 14.4 Å². The molecule has 0 aromatic rings. The van der Waals surface area contributed by atoms with E-state index in [4.69, 9.17) is 4.74 Å². The summed E-state index contributed by atoms with van der Waals surface area (Å²) in [6.07, 6.45) is 7.08. The van der Waals surface area contributed by atoms with Gasteiger partial charge < -0.3 is 14.4 Å². The van der Waals surface area contributed by atoms with Gasteiger partial charge in [-0.1, -0.05) is 33.1 Å². The van der Waals surface area contributed by atoms with Crippen molar-refractivity contribution in [3.8, 4) is 0 Å². The summed E-state index contributed by atoms with van der Waals surface area (Å²) >= 11 is 0. The highest BCUT2D eigenvalue weighted by molar-refractivity contribution is 5.81. The predicted octanol–water partition coefficient (Wildman–Crippen LogP) is 3.60. The normalized spacial score (nSPS) is 20.6. The molecular formula is C18H31NO4. The van der Waals surface area contributed by atoms with Crippen LogP contribution in [0.4, 0.5) is 0 Å². The first-order valence-corrected chi connectivity index (χ1v) is 8.99. The second kappa shape index (κ2) is 10.4. The molecule has 0 bridgehead atoms. The highest BCUT2D eigenvalue weighted by atomic mass is 16.6. The first-order valence-electron chi connectivity index (χ1n) is 8.99. The van der Waals surface area contributed by atoms with Gasteiger partial charge in [-0.25, -0.2) is 0 Å². The van der Waals surface area contributed by atoms with Crippen molar-refractivity contribution in [2.24, 2.45) is 0 Å². The van der Waals surface area contributed by atoms with Gasteiger partial charge in [0.15, 0.2) is 6.23 Å². The number of nitrogens with zero attached hydrogens (tertiary/aromatic N) is 1. The summed E-state index contributed by atoms with van der Waals surface area (Å²) in [6.45, 7) is 5.66. The zero-order valence-corrected chi connectivity index (χ0v) is 14.8. The van der Waals surface area contributed by atoms with Crippen LogP contribution in [-0.2, 0) is 19.1 Å². The average molecular weight is 325 g/mol. The van der Waals surface area contributed by atoms with E-state index < -0.39 is 6.23 Å². The molecular weight excluding hydrogens is 294 g/mol. The topological polar surface area (TPSA) is 63.7 Å². The molecule has 5 nitrogen and oxygen atoms in total. The van der Waals surface area contributed by atoms with Crippen molar-refractivity contribution in [1.82, 2.24) is 4.90 Å². The van der Waals surface area contributed by atoms with Crippen LogP contribution in [0.3, 0.4) is 0 Å². The van der Waals surface area contributed by atoms with Gasteiger partial charge >= 0.3 is 5.97 Å². The van der Waals surface area contributed by atoms with Crippen molar-refractivity contribution in [2.75, 3.05) is 0 Å². The number of unbranched alkanes of at least 4 members (excludes halogenated alkanes) is 3. The van der Waals surface area contributed by atoms with Crippen LogP contribution >= 0.6 is 0 Å². The Morgan fingerprint density at radius 2 is 1.74 bits per heavy atom. The SMILES string of the molecule is CCCCCCC(=O)N1[C@H](CC)CC[C@@H]1OC(=O)CCC(C)=O. The molecule has 0 aromatic heterocycles. The van der Waals surface area contributed by atoms with Crippen LogP contribution in [0.15, 0.2) is 0 Å². The molecule has 5 heteroatoms. The monoisotopic (exact) mass is 325 g/mol. The molecule has 1 fully saturated rings. The molecule has 1 heterocycles. The number of ketones is 1. The Bertz CT molecular complexity index is 408. The number of carbonyl (C=O) groups is 3. The molecule has 1 saturated heterocycles. The molecule has 0 radical (unpaired) electrons. The molecule has 132 valence electrons. The molecule has 23 heavy (non-hydrogen) atoms. The number of ether oxygens (including phenoxy) is 1. The number of hydrogen-bond acceptors (Lipinski definition) is 4. The summed E-state index contributed by atoms with van der Waals surface area (Å²) in [5, 5.41) is 0. The quantitative estimate of drug-likeness (QED) is 0.455. The lowest BCUT2D eigenvalue weighted by Crippen LogP contribution is -2.43. The summed E-state index contributed by atoms with van der Waals surface area (Å²) in [7, 11) is 0. The van der Waals surface area contributed by atoms with E-state index >= 15 is 0 Å². The Morgan fingerprint density at radius 1 is 1.00 bits per heavy atom. The van der Waals surface area contributed by atoms with Crippen LogP contribution < -0.4 is 0 Å². The highest BCUT2D eigenvalue weighted by Gasteiger charge is 2.37. The summed E-state index contributed by atoms with van der Waals surface area (Å²) in [4.78, 5) is 37.1. The number of carbonyl (C=O) groups excluding carboxylic acids is 3. The third-order valence-corrected chi connectivity index (χ3v) is 4.40. The van der Waals surface area contributed by atoms with Crippen molar-refractivity contribution in [1.29, 1.82) is 0 Å². The maximum Gasteiger partial charge on any atom is 0.308 e. The smallest absolute Gasteiger partial charge is 0.308 e. The molecule has 2 atom stereocenters. The van der Waals surface area contributed by atoms with Gasteiger partial charge in [-0.2, -0.15) is 0 Å². The maximum absolute atomic E-state index is 12.5. The summed E-state index contributed by atoms with van der Waals surface area (Å²) < 4.78 is 5.47. The third-order valence-electron chi connectivity index (χ3n) is 4.40. The number of amides is 1. The van der Waals surface area contributed by atoms with Gasteiger partial charge in [-0.15, -0.1) is 0 Å². The fourth-order valence-corrected chi connectivity index (χ4v) is 3.05. The van der Waals surface area contributed by atoms with Crippen LogP contribution in [0.5, 0.6) is 0 Å². The highest BCUT2D eigenvalue weighted by Crippen LogP contribution is 2.28. The van der Waals surface area contributed by atoms with Crippen molar-refractivity contribution >= 4 is 17.7 Å². The third kappa shape index (κ3) is 6.71. The van der Waals surface area contributed by atoms with Crippen molar-refractivity contribution in [3.63, 3.8) is 0 Å². The Kier molecular flexibility index (Phi) is 8.89. The van der Waals surface area contributed by atoms with Gasteiger partial charge in [-0.05, 0) is 26.2 Å². The van der Waals surface area contributed by atoms with Crippen molar-refractivity contribution < 1.29 is 19.1 Å². The fraction of sp³-hybridized carbons (Fsp3) is 0.833. The first-order chi connectivity index (χ1) is 11.0. The Labute approximate surface area is 139 Å². The summed E-state index contributed by atoms with van der Waals surface area (Å²) in [5.41, 5.74) is 0. The minimum atomic E-state index is -0.446. The Hall–Kier alpha value is -1.39. The van der Waals surface area contributed by atoms with E-state index in [2.05, 4.69) is 13.8 Å². The van der Waals surface area contributed by atoms with Crippen molar-refractivity contribution in [3.05, 3.63) is 0 Å². The van der Waals surface area contributed by atoms with Gasteiger partial charge in [0, 0.05) is 25.3 Å². The van der Waals surface area contributed by atoms with Gasteiger partial charge in [-0.3, -0.25) is 9.59 Å². The van der Waals surface area contributed by atoms with Crippen molar-refractivity contribution in [2.45, 2.75) is 97.2 Å². The van der Waals surface area contributed by atoms with E-state index in [0.29, 0.717) is 12.8 Å². The first kappa shape index (κ1) is 19.7. The van der Waals surface area contributed by atoms with Crippen LogP contribution in [0.2, 0.25) is 0 Å². The van der Waals surface area contributed by atoms with Gasteiger partial charge in [0.05, 0.1) is 6.42 Å². The number of Topliss-reactive ketones (excluding diaryl/α,β-unsaturated/α-hetero) is 1. The minimum absolute atomic E-state index is 0.0244. The lowest BCUT2D eigenvalue weighted by atomic mass is 10.1. The Balaban J connectivity index is 2.54.